The van der Waals surface area contributed by atoms with Crippen molar-refractivity contribution in [3.8, 4) is 5.75 Å². The van der Waals surface area contributed by atoms with Gasteiger partial charge in [0.15, 0.2) is 0 Å². The first-order valence-corrected chi connectivity index (χ1v) is 13.4. The zero-order valence-corrected chi connectivity index (χ0v) is 21.4. The molecule has 0 radical (unpaired) electrons. The van der Waals surface area contributed by atoms with Crippen LogP contribution in [0.15, 0.2) is 42.5 Å². The Morgan fingerprint density at radius 3 is 2.77 bits per heavy atom. The number of ether oxygens (including phenoxy) is 1. The van der Waals surface area contributed by atoms with Gasteiger partial charge in [0.25, 0.3) is 0 Å². The summed E-state index contributed by atoms with van der Waals surface area (Å²) in [5.74, 6) is 0.782. The molecule has 0 bridgehead atoms. The Morgan fingerprint density at radius 1 is 1.23 bits per heavy atom. The molecule has 186 valence electrons. The Morgan fingerprint density at radius 2 is 2.00 bits per heavy atom. The van der Waals surface area contributed by atoms with E-state index in [1.807, 2.05) is 54.3 Å². The number of anilines is 1. The molecule has 2 aliphatic rings. The molecule has 2 saturated heterocycles. The Hall–Kier alpha value is -2.23. The van der Waals surface area contributed by atoms with E-state index >= 15 is 0 Å². The van der Waals surface area contributed by atoms with E-state index in [9.17, 15) is 9.90 Å². The topological polar surface area (TPSA) is 77.9 Å². The molecule has 2 atom stereocenters. The molecular formula is C26H31ClN4O3S. The van der Waals surface area contributed by atoms with Crippen molar-refractivity contribution < 1.29 is 14.6 Å². The SMILES string of the molecule is Cc1nc2cc(OC[C@H](O)CN(C3CCNCC3)[C@@H]3CCN(c4ccc(Cl)cc4)C3=O)ccc2s1. The zero-order chi connectivity index (χ0) is 24.4. The van der Waals surface area contributed by atoms with Crippen LogP contribution in [0.25, 0.3) is 10.2 Å². The van der Waals surface area contributed by atoms with Crippen LogP contribution in [-0.4, -0.2) is 71.9 Å². The van der Waals surface area contributed by atoms with Crippen molar-refractivity contribution >= 4 is 44.7 Å². The molecule has 0 saturated carbocycles. The van der Waals surface area contributed by atoms with Gasteiger partial charge >= 0.3 is 0 Å². The molecule has 2 aliphatic heterocycles. The fraction of sp³-hybridized carbons (Fsp3) is 0.462. The van der Waals surface area contributed by atoms with Crippen LogP contribution in [0.2, 0.25) is 5.02 Å². The first-order valence-electron chi connectivity index (χ1n) is 12.2. The maximum Gasteiger partial charge on any atom is 0.244 e. The Balaban J connectivity index is 1.26. The lowest BCUT2D eigenvalue weighted by Gasteiger charge is -2.39. The number of hydrogen-bond donors (Lipinski definition) is 2. The number of nitrogens with zero attached hydrogens (tertiary/aromatic N) is 3. The lowest BCUT2D eigenvalue weighted by Crippen LogP contribution is -2.53. The number of amides is 1. The summed E-state index contributed by atoms with van der Waals surface area (Å²) >= 11 is 7.69. The minimum Gasteiger partial charge on any atom is -0.491 e. The van der Waals surface area contributed by atoms with E-state index in [0.29, 0.717) is 23.9 Å². The number of aromatic nitrogens is 1. The standard InChI is InChI=1S/C26H31ClN4O3S/c1-17-29-23-14-22(6-7-25(23)35-17)34-16-21(32)15-31(20-8-11-28-12-9-20)24-10-13-30(26(24)33)19-4-2-18(27)3-5-19/h2-7,14,20-21,24,28,32H,8-13,15-16H2,1H3/t21-,24-/m1/s1. The summed E-state index contributed by atoms with van der Waals surface area (Å²) in [4.78, 5) is 22.1. The van der Waals surface area contributed by atoms with Crippen molar-refractivity contribution in [2.45, 2.75) is 44.4 Å². The van der Waals surface area contributed by atoms with Crippen LogP contribution in [0.4, 0.5) is 5.69 Å². The fourth-order valence-electron chi connectivity index (χ4n) is 5.12. The van der Waals surface area contributed by atoms with E-state index in [4.69, 9.17) is 16.3 Å². The van der Waals surface area contributed by atoms with Gasteiger partial charge in [0.2, 0.25) is 5.91 Å². The van der Waals surface area contributed by atoms with Crippen molar-refractivity contribution in [2.24, 2.45) is 0 Å². The minimum absolute atomic E-state index is 0.0864. The smallest absolute Gasteiger partial charge is 0.244 e. The Labute approximate surface area is 214 Å². The van der Waals surface area contributed by atoms with E-state index in [2.05, 4.69) is 15.2 Å². The van der Waals surface area contributed by atoms with E-state index in [-0.39, 0.29) is 24.6 Å². The van der Waals surface area contributed by atoms with Gasteiger partial charge in [-0.2, -0.15) is 0 Å². The third-order valence-corrected chi connectivity index (χ3v) is 8.03. The molecule has 9 heteroatoms. The molecule has 7 nitrogen and oxygen atoms in total. The third kappa shape index (κ3) is 5.62. The lowest BCUT2D eigenvalue weighted by atomic mass is 10.0. The first kappa shape index (κ1) is 24.5. The molecule has 3 heterocycles. The van der Waals surface area contributed by atoms with Gasteiger partial charge in [-0.25, -0.2) is 4.98 Å². The van der Waals surface area contributed by atoms with Crippen molar-refractivity contribution in [2.75, 3.05) is 37.7 Å². The molecular weight excluding hydrogens is 484 g/mol. The minimum atomic E-state index is -0.713. The molecule has 35 heavy (non-hydrogen) atoms. The summed E-state index contributed by atoms with van der Waals surface area (Å²) in [6, 6.07) is 13.2. The number of carbonyl (C=O) groups excluding carboxylic acids is 1. The number of halogens is 1. The second-order valence-electron chi connectivity index (χ2n) is 9.28. The summed E-state index contributed by atoms with van der Waals surface area (Å²) in [5, 5.41) is 16.0. The molecule has 3 aromatic rings. The average molecular weight is 515 g/mol. The largest absolute Gasteiger partial charge is 0.491 e. The van der Waals surface area contributed by atoms with Crippen LogP contribution in [0, 0.1) is 6.92 Å². The van der Waals surface area contributed by atoms with Gasteiger partial charge in [-0.1, -0.05) is 11.6 Å². The number of fused-ring (bicyclic) bond motifs is 1. The van der Waals surface area contributed by atoms with E-state index in [0.717, 1.165) is 53.3 Å². The molecule has 2 N–H and O–H groups in total. The molecule has 0 spiro atoms. The second-order valence-corrected chi connectivity index (χ2v) is 10.9. The van der Waals surface area contributed by atoms with Crippen LogP contribution in [-0.2, 0) is 4.79 Å². The van der Waals surface area contributed by atoms with Crippen molar-refractivity contribution in [3.63, 3.8) is 0 Å². The first-order chi connectivity index (χ1) is 17.0. The Bertz CT molecular complexity index is 1170. The number of thiazole rings is 1. The lowest BCUT2D eigenvalue weighted by molar-refractivity contribution is -0.123. The number of aliphatic hydroxyl groups excluding tert-OH is 1. The van der Waals surface area contributed by atoms with Crippen molar-refractivity contribution in [3.05, 3.63) is 52.5 Å². The van der Waals surface area contributed by atoms with E-state index < -0.39 is 6.10 Å². The number of nitrogens with one attached hydrogen (secondary N) is 1. The number of rotatable bonds is 8. The van der Waals surface area contributed by atoms with Crippen molar-refractivity contribution in [1.29, 1.82) is 0 Å². The Kier molecular flexibility index (Phi) is 7.55. The summed E-state index contributed by atoms with van der Waals surface area (Å²) < 4.78 is 7.05. The maximum atomic E-state index is 13.5. The molecule has 0 unspecified atom stereocenters. The van der Waals surface area contributed by atoms with Gasteiger partial charge in [0.1, 0.15) is 18.5 Å². The third-order valence-electron chi connectivity index (χ3n) is 6.82. The molecule has 5 rings (SSSR count). The average Bonchev–Trinajstić information content (AvgIpc) is 3.43. The molecule has 0 aliphatic carbocycles. The van der Waals surface area contributed by atoms with Gasteiger partial charge in [0.05, 0.1) is 21.3 Å². The number of aliphatic hydroxyl groups is 1. The van der Waals surface area contributed by atoms with Gasteiger partial charge < -0.3 is 20.1 Å². The monoisotopic (exact) mass is 514 g/mol. The van der Waals surface area contributed by atoms with Crippen LogP contribution >= 0.6 is 22.9 Å². The van der Waals surface area contributed by atoms with E-state index in [1.54, 1.807) is 11.3 Å². The van der Waals surface area contributed by atoms with Crippen molar-refractivity contribution in [1.82, 2.24) is 15.2 Å². The van der Waals surface area contributed by atoms with Crippen LogP contribution in [0.3, 0.4) is 0 Å². The second kappa shape index (κ2) is 10.8. The molecule has 2 fully saturated rings. The highest BCUT2D eigenvalue weighted by atomic mass is 35.5. The van der Waals surface area contributed by atoms with Gasteiger partial charge in [0, 0.05) is 35.9 Å². The number of carbonyl (C=O) groups is 1. The van der Waals surface area contributed by atoms with Crippen LogP contribution in [0.5, 0.6) is 5.75 Å². The van der Waals surface area contributed by atoms with Crippen LogP contribution < -0.4 is 15.0 Å². The highest BCUT2D eigenvalue weighted by molar-refractivity contribution is 7.18. The van der Waals surface area contributed by atoms with E-state index in [1.165, 1.54) is 0 Å². The highest BCUT2D eigenvalue weighted by Gasteiger charge is 2.40. The highest BCUT2D eigenvalue weighted by Crippen LogP contribution is 2.29. The number of hydrogen-bond acceptors (Lipinski definition) is 7. The number of benzene rings is 2. The summed E-state index contributed by atoms with van der Waals surface area (Å²) in [6.07, 6.45) is 1.94. The molecule has 2 aromatic carbocycles. The van der Waals surface area contributed by atoms with Gasteiger partial charge in [-0.15, -0.1) is 11.3 Å². The quantitative estimate of drug-likeness (QED) is 0.475. The summed E-state index contributed by atoms with van der Waals surface area (Å²) in [6.45, 7) is 5.05. The normalized spacial score (nSPS) is 20.2. The van der Waals surface area contributed by atoms with Crippen LogP contribution in [0.1, 0.15) is 24.3 Å². The zero-order valence-electron chi connectivity index (χ0n) is 19.8. The van der Waals surface area contributed by atoms with Gasteiger partial charge in [-0.05, 0) is 75.7 Å². The molecule has 1 aromatic heterocycles. The number of aryl methyl sites for hydroxylation is 1. The molecule has 1 amide bonds. The summed E-state index contributed by atoms with van der Waals surface area (Å²) in [5.41, 5.74) is 1.78. The predicted octanol–water partition coefficient (Wildman–Crippen LogP) is 3.86. The fourth-order valence-corrected chi connectivity index (χ4v) is 6.05. The maximum absolute atomic E-state index is 13.5. The predicted molar refractivity (Wildman–Crippen MR) is 141 cm³/mol. The number of piperidine rings is 1. The summed E-state index contributed by atoms with van der Waals surface area (Å²) in [7, 11) is 0. The van der Waals surface area contributed by atoms with Gasteiger partial charge in [-0.3, -0.25) is 9.69 Å².